The second-order valence-electron chi connectivity index (χ2n) is 6.07. The lowest BCUT2D eigenvalue weighted by Gasteiger charge is -2.33. The molecule has 1 aromatic carbocycles. The van der Waals surface area contributed by atoms with Gasteiger partial charge in [-0.25, -0.2) is 4.79 Å². The number of hydrogen-bond donors (Lipinski definition) is 1. The Morgan fingerprint density at radius 2 is 1.95 bits per heavy atom. The Morgan fingerprint density at radius 1 is 1.14 bits per heavy atom. The highest BCUT2D eigenvalue weighted by atomic mass is 16.4. The van der Waals surface area contributed by atoms with Crippen LogP contribution in [0, 0.1) is 0 Å². The topological polar surface area (TPSA) is 57.6 Å². The van der Waals surface area contributed by atoms with Crippen molar-refractivity contribution < 1.29 is 14.7 Å². The summed E-state index contributed by atoms with van der Waals surface area (Å²) in [6.07, 6.45) is 6.11. The van der Waals surface area contributed by atoms with Crippen LogP contribution in [0.4, 0.5) is 0 Å². The van der Waals surface area contributed by atoms with Gasteiger partial charge in [0.25, 0.3) is 0 Å². The van der Waals surface area contributed by atoms with Gasteiger partial charge in [0.1, 0.15) is 6.04 Å². The summed E-state index contributed by atoms with van der Waals surface area (Å²) in [5.41, 5.74) is 3.76. The summed E-state index contributed by atoms with van der Waals surface area (Å²) >= 11 is 0. The first kappa shape index (κ1) is 14.1. The van der Waals surface area contributed by atoms with Crippen molar-refractivity contribution in [3.63, 3.8) is 0 Å². The number of amides is 1. The van der Waals surface area contributed by atoms with E-state index in [2.05, 4.69) is 12.1 Å². The van der Waals surface area contributed by atoms with Crippen LogP contribution < -0.4 is 0 Å². The molecular formula is C17H21NO3. The summed E-state index contributed by atoms with van der Waals surface area (Å²) in [6.45, 7) is 0.570. The maximum Gasteiger partial charge on any atom is 0.326 e. The lowest BCUT2D eigenvalue weighted by molar-refractivity contribution is -0.151. The molecule has 0 saturated carbocycles. The number of hydrogen-bond acceptors (Lipinski definition) is 2. The zero-order valence-corrected chi connectivity index (χ0v) is 12.2. The second-order valence-corrected chi connectivity index (χ2v) is 6.07. The van der Waals surface area contributed by atoms with E-state index in [0.717, 1.165) is 31.2 Å². The van der Waals surface area contributed by atoms with Gasteiger partial charge in [-0.05, 0) is 55.2 Å². The van der Waals surface area contributed by atoms with E-state index in [1.165, 1.54) is 17.5 Å². The van der Waals surface area contributed by atoms with E-state index in [1.807, 2.05) is 6.07 Å². The third-order valence-electron chi connectivity index (χ3n) is 4.63. The molecule has 0 radical (unpaired) electrons. The Bertz CT molecular complexity index is 567. The number of carboxylic acid groups (broad SMARTS) is 1. The summed E-state index contributed by atoms with van der Waals surface area (Å²) in [7, 11) is 0. The zero-order valence-electron chi connectivity index (χ0n) is 12.2. The minimum atomic E-state index is -0.878. The van der Waals surface area contributed by atoms with E-state index in [4.69, 9.17) is 0 Å². The molecule has 4 nitrogen and oxygen atoms in total. The van der Waals surface area contributed by atoms with Crippen molar-refractivity contribution in [3.05, 3.63) is 34.9 Å². The largest absolute Gasteiger partial charge is 0.480 e. The number of benzene rings is 1. The molecule has 21 heavy (non-hydrogen) atoms. The van der Waals surface area contributed by atoms with Crippen molar-refractivity contribution in [1.82, 2.24) is 4.90 Å². The minimum absolute atomic E-state index is 0.0555. The van der Waals surface area contributed by atoms with E-state index in [0.29, 0.717) is 19.4 Å². The number of aryl methyl sites for hydroxylation is 2. The van der Waals surface area contributed by atoms with Crippen LogP contribution in [0.2, 0.25) is 0 Å². The molecular weight excluding hydrogens is 266 g/mol. The number of piperidine rings is 1. The number of rotatable bonds is 3. The van der Waals surface area contributed by atoms with Crippen LogP contribution in [0.5, 0.6) is 0 Å². The van der Waals surface area contributed by atoms with E-state index in [1.54, 1.807) is 4.90 Å². The van der Waals surface area contributed by atoms with Crippen LogP contribution in [0.1, 0.15) is 42.4 Å². The van der Waals surface area contributed by atoms with Gasteiger partial charge in [0, 0.05) is 6.54 Å². The monoisotopic (exact) mass is 287 g/mol. The Balaban J connectivity index is 1.71. The van der Waals surface area contributed by atoms with Crippen LogP contribution in [0.3, 0.4) is 0 Å². The number of carboxylic acids is 1. The van der Waals surface area contributed by atoms with Gasteiger partial charge < -0.3 is 10.0 Å². The zero-order chi connectivity index (χ0) is 14.8. The number of likely N-dealkylation sites (tertiary alicyclic amines) is 1. The molecule has 2 aliphatic rings. The Labute approximate surface area is 124 Å². The lowest BCUT2D eigenvalue weighted by Crippen LogP contribution is -2.48. The summed E-state index contributed by atoms with van der Waals surface area (Å²) < 4.78 is 0. The standard InChI is InChI=1S/C17H21NO3/c19-16(18-9-2-1-6-15(18)17(20)21)11-12-7-8-13-4-3-5-14(13)10-12/h7-8,10,15H,1-6,9,11H2,(H,20,21)/t15-/m0/s1. The fraction of sp³-hybridized carbons (Fsp3) is 0.529. The smallest absolute Gasteiger partial charge is 0.326 e. The Hall–Kier alpha value is -1.84. The van der Waals surface area contributed by atoms with Crippen molar-refractivity contribution in [2.45, 2.75) is 51.0 Å². The predicted molar refractivity (Wildman–Crippen MR) is 79.2 cm³/mol. The van der Waals surface area contributed by atoms with Gasteiger partial charge in [-0.1, -0.05) is 18.2 Å². The van der Waals surface area contributed by atoms with E-state index < -0.39 is 12.0 Å². The number of aliphatic carboxylic acids is 1. The maximum atomic E-state index is 12.4. The Morgan fingerprint density at radius 3 is 2.76 bits per heavy atom. The summed E-state index contributed by atoms with van der Waals surface area (Å²) in [6, 6.07) is 5.62. The van der Waals surface area contributed by atoms with Crippen molar-refractivity contribution >= 4 is 11.9 Å². The van der Waals surface area contributed by atoms with Crippen LogP contribution in [0.15, 0.2) is 18.2 Å². The number of fused-ring (bicyclic) bond motifs is 1. The maximum absolute atomic E-state index is 12.4. The number of carbonyl (C=O) groups excluding carboxylic acids is 1. The summed E-state index contributed by atoms with van der Waals surface area (Å²) in [5, 5.41) is 9.26. The normalized spacial score (nSPS) is 21.1. The van der Waals surface area contributed by atoms with Crippen LogP contribution in [0.25, 0.3) is 0 Å². The molecule has 0 aromatic heterocycles. The highest BCUT2D eigenvalue weighted by molar-refractivity contribution is 5.85. The first-order chi connectivity index (χ1) is 10.1. The molecule has 1 amide bonds. The van der Waals surface area contributed by atoms with Gasteiger partial charge in [0.15, 0.2) is 0 Å². The molecule has 3 rings (SSSR count). The van der Waals surface area contributed by atoms with Crippen molar-refractivity contribution in [1.29, 1.82) is 0 Å². The van der Waals surface area contributed by atoms with Gasteiger partial charge >= 0.3 is 5.97 Å². The lowest BCUT2D eigenvalue weighted by atomic mass is 9.99. The van der Waals surface area contributed by atoms with Crippen molar-refractivity contribution in [3.8, 4) is 0 Å². The van der Waals surface area contributed by atoms with Gasteiger partial charge in [0.05, 0.1) is 6.42 Å². The predicted octanol–water partition coefficient (Wildman–Crippen LogP) is 2.18. The molecule has 1 heterocycles. The fourth-order valence-electron chi connectivity index (χ4n) is 3.50. The molecule has 0 spiro atoms. The molecule has 1 atom stereocenters. The molecule has 1 aromatic rings. The third kappa shape index (κ3) is 2.94. The third-order valence-corrected chi connectivity index (χ3v) is 4.63. The van der Waals surface area contributed by atoms with Crippen molar-refractivity contribution in [2.24, 2.45) is 0 Å². The highest BCUT2D eigenvalue weighted by Crippen LogP contribution is 2.24. The van der Waals surface area contributed by atoms with Gasteiger partial charge in [-0.2, -0.15) is 0 Å². The first-order valence-corrected chi connectivity index (χ1v) is 7.78. The van der Waals surface area contributed by atoms with Crippen LogP contribution in [-0.2, 0) is 28.9 Å². The average Bonchev–Trinajstić information content (AvgIpc) is 2.94. The molecule has 0 bridgehead atoms. The Kier molecular flexibility index (Phi) is 3.95. The molecule has 4 heteroatoms. The van der Waals surface area contributed by atoms with E-state index in [9.17, 15) is 14.7 Å². The van der Waals surface area contributed by atoms with Crippen LogP contribution >= 0.6 is 0 Å². The number of carbonyl (C=O) groups is 2. The number of nitrogens with zero attached hydrogens (tertiary/aromatic N) is 1. The molecule has 0 unspecified atom stereocenters. The molecule has 1 fully saturated rings. The van der Waals surface area contributed by atoms with E-state index >= 15 is 0 Å². The first-order valence-electron chi connectivity index (χ1n) is 7.78. The van der Waals surface area contributed by atoms with E-state index in [-0.39, 0.29) is 5.91 Å². The molecule has 1 aliphatic heterocycles. The minimum Gasteiger partial charge on any atom is -0.480 e. The summed E-state index contributed by atoms with van der Waals surface area (Å²) in [4.78, 5) is 25.3. The quantitative estimate of drug-likeness (QED) is 0.927. The average molecular weight is 287 g/mol. The molecule has 1 N–H and O–H groups in total. The van der Waals surface area contributed by atoms with Gasteiger partial charge in [0.2, 0.25) is 5.91 Å². The van der Waals surface area contributed by atoms with Crippen molar-refractivity contribution in [2.75, 3.05) is 6.54 Å². The summed E-state index contributed by atoms with van der Waals surface area (Å²) in [5.74, 6) is -0.933. The molecule has 1 saturated heterocycles. The fourth-order valence-corrected chi connectivity index (χ4v) is 3.50. The van der Waals surface area contributed by atoms with Gasteiger partial charge in [-0.3, -0.25) is 4.79 Å². The van der Waals surface area contributed by atoms with Gasteiger partial charge in [-0.15, -0.1) is 0 Å². The highest BCUT2D eigenvalue weighted by Gasteiger charge is 2.31. The molecule has 112 valence electrons. The molecule has 1 aliphatic carbocycles. The second kappa shape index (κ2) is 5.88. The van der Waals surface area contributed by atoms with Crippen LogP contribution in [-0.4, -0.2) is 34.5 Å². The SMILES string of the molecule is O=C(O)[C@@H]1CCCCN1C(=O)Cc1ccc2c(c1)CCC2.